The van der Waals surface area contributed by atoms with Gasteiger partial charge in [-0.2, -0.15) is 0 Å². The summed E-state index contributed by atoms with van der Waals surface area (Å²) in [4.78, 5) is 0.317. The molecule has 0 aromatic heterocycles. The average molecular weight is 317 g/mol. The van der Waals surface area contributed by atoms with Crippen molar-refractivity contribution in [1.29, 1.82) is 0 Å². The molecule has 0 saturated carbocycles. The minimum atomic E-state index is -3.54. The van der Waals surface area contributed by atoms with Gasteiger partial charge in [0.2, 0.25) is 10.0 Å². The van der Waals surface area contributed by atoms with Gasteiger partial charge >= 0.3 is 0 Å². The van der Waals surface area contributed by atoms with Gasteiger partial charge < -0.3 is 0 Å². The fraction of sp³-hybridized carbons (Fsp3) is 0.333. The largest absolute Gasteiger partial charge is 0.241 e. The van der Waals surface area contributed by atoms with Crippen LogP contribution >= 0.6 is 0 Å². The van der Waals surface area contributed by atoms with Gasteiger partial charge in [-0.15, -0.1) is 0 Å². The van der Waals surface area contributed by atoms with Crippen LogP contribution in [0.4, 0.5) is 0 Å². The molecule has 118 valence electrons. The molecule has 0 spiro atoms. The maximum Gasteiger partial charge on any atom is 0.241 e. The summed E-state index contributed by atoms with van der Waals surface area (Å²) in [7, 11) is -3.54. The smallest absolute Gasteiger partial charge is 0.207 e. The predicted octanol–water partition coefficient (Wildman–Crippen LogP) is 3.98. The molecule has 0 aliphatic rings. The fourth-order valence-corrected chi connectivity index (χ4v) is 3.82. The molecule has 2 aromatic rings. The lowest BCUT2D eigenvalue weighted by atomic mass is 9.97. The minimum absolute atomic E-state index is 0.156. The van der Waals surface area contributed by atoms with Crippen LogP contribution in [-0.4, -0.2) is 8.42 Å². The van der Waals surface area contributed by atoms with E-state index in [4.69, 9.17) is 0 Å². The first-order valence-corrected chi connectivity index (χ1v) is 8.94. The number of aryl methyl sites for hydroxylation is 2. The van der Waals surface area contributed by atoms with Crippen LogP contribution in [0.3, 0.4) is 0 Å². The van der Waals surface area contributed by atoms with Gasteiger partial charge in [0.25, 0.3) is 0 Å². The van der Waals surface area contributed by atoms with Crippen LogP contribution in [0, 0.1) is 19.8 Å². The van der Waals surface area contributed by atoms with Crippen LogP contribution in [0.5, 0.6) is 0 Å². The summed E-state index contributed by atoms with van der Waals surface area (Å²) < 4.78 is 28.2. The fourth-order valence-electron chi connectivity index (χ4n) is 2.37. The first-order valence-electron chi connectivity index (χ1n) is 7.46. The summed E-state index contributed by atoms with van der Waals surface area (Å²) >= 11 is 0. The van der Waals surface area contributed by atoms with Gasteiger partial charge in [-0.3, -0.25) is 0 Å². The zero-order valence-electron chi connectivity index (χ0n) is 13.5. The summed E-state index contributed by atoms with van der Waals surface area (Å²) in [6, 6.07) is 14.7. The SMILES string of the molecule is Cc1ccc(S(=O)(=O)NC(c2ccccc2)C(C)C)cc1C. The van der Waals surface area contributed by atoms with E-state index < -0.39 is 10.0 Å². The molecule has 2 rings (SSSR count). The van der Waals surface area contributed by atoms with Gasteiger partial charge in [0.15, 0.2) is 0 Å². The molecule has 0 radical (unpaired) electrons. The molecule has 4 heteroatoms. The lowest BCUT2D eigenvalue weighted by molar-refractivity contribution is 0.463. The summed E-state index contributed by atoms with van der Waals surface area (Å²) in [6.45, 7) is 7.92. The molecule has 0 bridgehead atoms. The van der Waals surface area contributed by atoms with Gasteiger partial charge in [-0.1, -0.05) is 50.2 Å². The Balaban J connectivity index is 2.34. The molecule has 1 unspecified atom stereocenters. The Morgan fingerprint density at radius 2 is 1.55 bits per heavy atom. The summed E-state index contributed by atoms with van der Waals surface area (Å²) in [5.41, 5.74) is 3.04. The molecule has 0 aliphatic carbocycles. The number of sulfonamides is 1. The Morgan fingerprint density at radius 1 is 0.909 bits per heavy atom. The number of hydrogen-bond acceptors (Lipinski definition) is 2. The third-order valence-corrected chi connectivity index (χ3v) is 5.33. The van der Waals surface area contributed by atoms with Crippen molar-refractivity contribution in [3.8, 4) is 0 Å². The third kappa shape index (κ3) is 3.76. The second-order valence-electron chi connectivity index (χ2n) is 6.00. The number of hydrogen-bond donors (Lipinski definition) is 1. The van der Waals surface area contributed by atoms with Gasteiger partial charge in [-0.05, 0) is 48.6 Å². The van der Waals surface area contributed by atoms with Crippen LogP contribution in [0.15, 0.2) is 53.4 Å². The lowest BCUT2D eigenvalue weighted by Gasteiger charge is -2.23. The predicted molar refractivity (Wildman–Crippen MR) is 90.3 cm³/mol. The van der Waals surface area contributed by atoms with E-state index in [-0.39, 0.29) is 12.0 Å². The Bertz CT molecular complexity index is 737. The van der Waals surface area contributed by atoms with Crippen molar-refractivity contribution < 1.29 is 8.42 Å². The van der Waals surface area contributed by atoms with E-state index in [0.29, 0.717) is 4.90 Å². The molecule has 0 saturated heterocycles. The molecular formula is C18H23NO2S. The molecule has 1 atom stereocenters. The van der Waals surface area contributed by atoms with E-state index in [1.54, 1.807) is 12.1 Å². The number of nitrogens with one attached hydrogen (secondary N) is 1. The lowest BCUT2D eigenvalue weighted by Crippen LogP contribution is -2.31. The minimum Gasteiger partial charge on any atom is -0.207 e. The Morgan fingerprint density at radius 3 is 2.09 bits per heavy atom. The highest BCUT2D eigenvalue weighted by Crippen LogP contribution is 2.24. The van der Waals surface area contributed by atoms with E-state index in [1.165, 1.54) is 0 Å². The maximum absolute atomic E-state index is 12.7. The monoisotopic (exact) mass is 317 g/mol. The summed E-state index contributed by atoms with van der Waals surface area (Å²) in [6.07, 6.45) is 0. The van der Waals surface area contributed by atoms with Crippen LogP contribution in [0.1, 0.15) is 36.6 Å². The van der Waals surface area contributed by atoms with Gasteiger partial charge in [0, 0.05) is 6.04 Å². The number of benzene rings is 2. The first kappa shape index (κ1) is 16.7. The van der Waals surface area contributed by atoms with Crippen LogP contribution < -0.4 is 4.72 Å². The molecule has 0 aliphatic heterocycles. The average Bonchev–Trinajstić information content (AvgIpc) is 2.48. The Kier molecular flexibility index (Phi) is 5.04. The molecule has 22 heavy (non-hydrogen) atoms. The van der Waals surface area contributed by atoms with E-state index in [0.717, 1.165) is 16.7 Å². The Hall–Kier alpha value is -1.65. The highest BCUT2D eigenvalue weighted by atomic mass is 32.2. The zero-order valence-corrected chi connectivity index (χ0v) is 14.3. The van der Waals surface area contributed by atoms with Crippen molar-refractivity contribution in [3.05, 3.63) is 65.2 Å². The van der Waals surface area contributed by atoms with Gasteiger partial charge in [0.1, 0.15) is 0 Å². The second-order valence-corrected chi connectivity index (χ2v) is 7.71. The molecule has 3 nitrogen and oxygen atoms in total. The van der Waals surface area contributed by atoms with E-state index in [1.807, 2.05) is 64.1 Å². The zero-order chi connectivity index (χ0) is 16.3. The van der Waals surface area contributed by atoms with Crippen molar-refractivity contribution in [2.75, 3.05) is 0 Å². The van der Waals surface area contributed by atoms with Crippen molar-refractivity contribution >= 4 is 10.0 Å². The third-order valence-electron chi connectivity index (χ3n) is 3.90. The maximum atomic E-state index is 12.7. The van der Waals surface area contributed by atoms with Crippen molar-refractivity contribution in [3.63, 3.8) is 0 Å². The summed E-state index contributed by atoms with van der Waals surface area (Å²) in [5, 5.41) is 0. The molecule has 0 fully saturated rings. The van der Waals surface area contributed by atoms with Crippen LogP contribution in [0.2, 0.25) is 0 Å². The topological polar surface area (TPSA) is 46.2 Å². The molecule has 2 aromatic carbocycles. The van der Waals surface area contributed by atoms with E-state index in [2.05, 4.69) is 4.72 Å². The molecule has 0 heterocycles. The van der Waals surface area contributed by atoms with Crippen LogP contribution in [-0.2, 0) is 10.0 Å². The highest BCUT2D eigenvalue weighted by molar-refractivity contribution is 7.89. The molecular weight excluding hydrogens is 294 g/mol. The number of rotatable bonds is 5. The van der Waals surface area contributed by atoms with E-state index >= 15 is 0 Å². The Labute approximate surface area is 133 Å². The molecule has 0 amide bonds. The van der Waals surface area contributed by atoms with Crippen molar-refractivity contribution in [2.24, 2.45) is 5.92 Å². The molecule has 1 N–H and O–H groups in total. The summed E-state index contributed by atoms with van der Waals surface area (Å²) in [5.74, 6) is 0.156. The van der Waals surface area contributed by atoms with Crippen molar-refractivity contribution in [2.45, 2.75) is 38.6 Å². The van der Waals surface area contributed by atoms with Crippen LogP contribution in [0.25, 0.3) is 0 Å². The normalized spacial score (nSPS) is 13.3. The van der Waals surface area contributed by atoms with Gasteiger partial charge in [0.05, 0.1) is 4.90 Å². The second kappa shape index (κ2) is 6.63. The van der Waals surface area contributed by atoms with Gasteiger partial charge in [-0.25, -0.2) is 13.1 Å². The van der Waals surface area contributed by atoms with Crippen molar-refractivity contribution in [1.82, 2.24) is 4.72 Å². The first-order chi connectivity index (χ1) is 10.3. The standard InChI is InChI=1S/C18H23NO2S/c1-13(2)18(16-8-6-5-7-9-16)19-22(20,21)17-11-10-14(3)15(4)12-17/h5-13,18-19H,1-4H3. The quantitative estimate of drug-likeness (QED) is 0.906. The highest BCUT2D eigenvalue weighted by Gasteiger charge is 2.24. The van der Waals surface area contributed by atoms with E-state index in [9.17, 15) is 8.42 Å².